The molecule has 0 bridgehead atoms. The zero-order chi connectivity index (χ0) is 14.0. The molecule has 0 saturated carbocycles. The summed E-state index contributed by atoms with van der Waals surface area (Å²) in [5, 5.41) is 0.751. The summed E-state index contributed by atoms with van der Waals surface area (Å²) in [5.41, 5.74) is 1.81. The Morgan fingerprint density at radius 3 is 2.84 bits per heavy atom. The standard InChI is InChI=1S/C14H17Br2NO2/c1-9-3-11(5-12(16)4-9)14(18)17-7-13(6-15)19-8-10(17)2/h3-5,10,13H,6-8H2,1-2H3. The Kier molecular flexibility index (Phi) is 5.03. The summed E-state index contributed by atoms with van der Waals surface area (Å²) in [6.45, 7) is 5.24. The Morgan fingerprint density at radius 2 is 2.21 bits per heavy atom. The van der Waals surface area contributed by atoms with Crippen molar-refractivity contribution in [2.75, 3.05) is 18.5 Å². The number of nitrogens with zero attached hydrogens (tertiary/aromatic N) is 1. The van der Waals surface area contributed by atoms with Gasteiger partial charge in [0.25, 0.3) is 5.91 Å². The molecule has 0 radical (unpaired) electrons. The van der Waals surface area contributed by atoms with E-state index in [0.29, 0.717) is 13.2 Å². The number of carbonyl (C=O) groups excluding carboxylic acids is 1. The first kappa shape index (κ1) is 15.0. The number of hydrogen-bond acceptors (Lipinski definition) is 2. The van der Waals surface area contributed by atoms with Gasteiger partial charge in [-0.25, -0.2) is 0 Å². The van der Waals surface area contributed by atoms with Crippen molar-refractivity contribution in [1.82, 2.24) is 4.90 Å². The van der Waals surface area contributed by atoms with Crippen LogP contribution < -0.4 is 0 Å². The Morgan fingerprint density at radius 1 is 1.47 bits per heavy atom. The van der Waals surface area contributed by atoms with Crippen LogP contribution in [0.2, 0.25) is 0 Å². The van der Waals surface area contributed by atoms with Gasteiger partial charge in [0.2, 0.25) is 0 Å². The van der Waals surface area contributed by atoms with Gasteiger partial charge in [0.05, 0.1) is 18.8 Å². The molecule has 0 aliphatic carbocycles. The summed E-state index contributed by atoms with van der Waals surface area (Å²) in [5.74, 6) is 0.0751. The molecule has 19 heavy (non-hydrogen) atoms. The van der Waals surface area contributed by atoms with Crippen molar-refractivity contribution in [2.45, 2.75) is 26.0 Å². The van der Waals surface area contributed by atoms with Gasteiger partial charge >= 0.3 is 0 Å². The van der Waals surface area contributed by atoms with Gasteiger partial charge in [0, 0.05) is 21.9 Å². The predicted molar refractivity (Wildman–Crippen MR) is 82.9 cm³/mol. The van der Waals surface area contributed by atoms with E-state index in [-0.39, 0.29) is 18.1 Å². The minimum Gasteiger partial charge on any atom is -0.373 e. The van der Waals surface area contributed by atoms with E-state index in [1.165, 1.54) is 0 Å². The van der Waals surface area contributed by atoms with Crippen molar-refractivity contribution < 1.29 is 9.53 Å². The van der Waals surface area contributed by atoms with Gasteiger partial charge in [-0.15, -0.1) is 0 Å². The van der Waals surface area contributed by atoms with E-state index in [2.05, 4.69) is 31.9 Å². The van der Waals surface area contributed by atoms with E-state index in [9.17, 15) is 4.79 Å². The molecule has 1 saturated heterocycles. The fourth-order valence-electron chi connectivity index (χ4n) is 2.22. The SMILES string of the molecule is Cc1cc(Br)cc(C(=O)N2CC(CBr)OCC2C)c1. The van der Waals surface area contributed by atoms with Crippen molar-refractivity contribution in [3.63, 3.8) is 0 Å². The molecule has 1 aromatic carbocycles. The highest BCUT2D eigenvalue weighted by Crippen LogP contribution is 2.20. The second kappa shape index (κ2) is 6.37. The number of morpholine rings is 1. The summed E-state index contributed by atoms with van der Waals surface area (Å²) in [7, 11) is 0. The molecule has 1 aliphatic rings. The molecule has 1 aromatic rings. The number of halogens is 2. The van der Waals surface area contributed by atoms with Gasteiger partial charge in [-0.05, 0) is 37.6 Å². The molecule has 104 valence electrons. The average Bonchev–Trinajstić information content (AvgIpc) is 2.37. The number of rotatable bonds is 2. The van der Waals surface area contributed by atoms with E-state index in [1.54, 1.807) is 0 Å². The second-order valence-corrected chi connectivity index (χ2v) is 6.50. The van der Waals surface area contributed by atoms with Gasteiger partial charge < -0.3 is 9.64 Å². The number of carbonyl (C=O) groups is 1. The van der Waals surface area contributed by atoms with E-state index < -0.39 is 0 Å². The van der Waals surface area contributed by atoms with Crippen LogP contribution in [-0.2, 0) is 4.74 Å². The third-order valence-electron chi connectivity index (χ3n) is 3.23. The van der Waals surface area contributed by atoms with Gasteiger partial charge in [0.15, 0.2) is 0 Å². The quantitative estimate of drug-likeness (QED) is 0.724. The highest BCUT2D eigenvalue weighted by molar-refractivity contribution is 9.10. The van der Waals surface area contributed by atoms with Crippen LogP contribution in [0.4, 0.5) is 0 Å². The van der Waals surface area contributed by atoms with E-state index >= 15 is 0 Å². The Bertz CT molecular complexity index is 458. The fraction of sp³-hybridized carbons (Fsp3) is 0.500. The van der Waals surface area contributed by atoms with E-state index in [4.69, 9.17) is 4.74 Å². The maximum Gasteiger partial charge on any atom is 0.254 e. The molecular weight excluding hydrogens is 374 g/mol. The Hall–Kier alpha value is -0.390. The topological polar surface area (TPSA) is 29.5 Å². The number of aryl methyl sites for hydroxylation is 1. The van der Waals surface area contributed by atoms with E-state index in [0.717, 1.165) is 20.9 Å². The van der Waals surface area contributed by atoms with Gasteiger partial charge in [0.1, 0.15) is 0 Å². The van der Waals surface area contributed by atoms with Crippen molar-refractivity contribution in [2.24, 2.45) is 0 Å². The smallest absolute Gasteiger partial charge is 0.254 e. The summed E-state index contributed by atoms with van der Waals surface area (Å²) in [4.78, 5) is 14.5. The van der Waals surface area contributed by atoms with Gasteiger partial charge in [-0.3, -0.25) is 4.79 Å². The monoisotopic (exact) mass is 389 g/mol. The van der Waals surface area contributed by atoms with Crippen LogP contribution in [0.1, 0.15) is 22.8 Å². The molecular formula is C14H17Br2NO2. The first-order valence-electron chi connectivity index (χ1n) is 6.27. The molecule has 1 fully saturated rings. The van der Waals surface area contributed by atoms with Crippen LogP contribution in [-0.4, -0.2) is 41.4 Å². The first-order valence-corrected chi connectivity index (χ1v) is 8.18. The highest BCUT2D eigenvalue weighted by atomic mass is 79.9. The maximum absolute atomic E-state index is 12.6. The summed E-state index contributed by atoms with van der Waals surface area (Å²) in [6, 6.07) is 5.92. The number of ether oxygens (including phenoxy) is 1. The summed E-state index contributed by atoms with van der Waals surface area (Å²) < 4.78 is 6.59. The molecule has 2 rings (SSSR count). The Balaban J connectivity index is 2.21. The van der Waals surface area contributed by atoms with Crippen LogP contribution in [0, 0.1) is 6.92 Å². The van der Waals surface area contributed by atoms with Crippen molar-refractivity contribution in [3.8, 4) is 0 Å². The molecule has 1 heterocycles. The molecule has 2 unspecified atom stereocenters. The molecule has 0 N–H and O–H groups in total. The molecule has 3 nitrogen and oxygen atoms in total. The second-order valence-electron chi connectivity index (χ2n) is 4.93. The maximum atomic E-state index is 12.6. The normalized spacial score (nSPS) is 23.5. The van der Waals surface area contributed by atoms with Crippen LogP contribution >= 0.6 is 31.9 Å². The Labute approximate surface area is 130 Å². The molecule has 1 amide bonds. The molecule has 5 heteroatoms. The zero-order valence-electron chi connectivity index (χ0n) is 11.0. The van der Waals surface area contributed by atoms with Crippen molar-refractivity contribution in [3.05, 3.63) is 33.8 Å². The summed E-state index contributed by atoms with van der Waals surface area (Å²) in [6.07, 6.45) is 0.0772. The van der Waals surface area contributed by atoms with Crippen LogP contribution in [0.15, 0.2) is 22.7 Å². The third kappa shape index (κ3) is 3.58. The molecule has 2 atom stereocenters. The lowest BCUT2D eigenvalue weighted by atomic mass is 10.1. The molecule has 0 spiro atoms. The lowest BCUT2D eigenvalue weighted by Gasteiger charge is -2.37. The third-order valence-corrected chi connectivity index (χ3v) is 4.41. The minimum absolute atomic E-state index is 0.0751. The minimum atomic E-state index is 0.0751. The number of benzene rings is 1. The average molecular weight is 391 g/mol. The highest BCUT2D eigenvalue weighted by Gasteiger charge is 2.29. The zero-order valence-corrected chi connectivity index (χ0v) is 14.2. The number of hydrogen-bond donors (Lipinski definition) is 0. The number of amides is 1. The molecule has 0 aromatic heterocycles. The van der Waals surface area contributed by atoms with Crippen LogP contribution in [0.5, 0.6) is 0 Å². The van der Waals surface area contributed by atoms with E-state index in [1.807, 2.05) is 36.9 Å². The first-order chi connectivity index (χ1) is 9.01. The summed E-state index contributed by atoms with van der Waals surface area (Å²) >= 11 is 6.86. The van der Waals surface area contributed by atoms with Crippen LogP contribution in [0.25, 0.3) is 0 Å². The lowest BCUT2D eigenvalue weighted by molar-refractivity contribution is -0.0361. The van der Waals surface area contributed by atoms with Crippen molar-refractivity contribution >= 4 is 37.8 Å². The molecule has 1 aliphatic heterocycles. The van der Waals surface area contributed by atoms with Crippen LogP contribution in [0.3, 0.4) is 0 Å². The lowest BCUT2D eigenvalue weighted by Crippen LogP contribution is -2.51. The predicted octanol–water partition coefficient (Wildman–Crippen LogP) is 3.38. The van der Waals surface area contributed by atoms with Crippen molar-refractivity contribution in [1.29, 1.82) is 0 Å². The largest absolute Gasteiger partial charge is 0.373 e. The number of alkyl halides is 1. The fourth-order valence-corrected chi connectivity index (χ4v) is 3.22. The van der Waals surface area contributed by atoms with Gasteiger partial charge in [-0.1, -0.05) is 31.9 Å². The van der Waals surface area contributed by atoms with Gasteiger partial charge in [-0.2, -0.15) is 0 Å².